The van der Waals surface area contributed by atoms with Crippen LogP contribution in [0.15, 0.2) is 4.99 Å². The number of nitrogens with one attached hydrogen (secondary N) is 2. The monoisotopic (exact) mass is 217 g/mol. The molecule has 0 amide bonds. The Kier molecular flexibility index (Phi) is 4.35. The lowest BCUT2D eigenvalue weighted by atomic mass is 9.84. The van der Waals surface area contributed by atoms with Crippen LogP contribution in [0.4, 0.5) is 0 Å². The van der Waals surface area contributed by atoms with Crippen LogP contribution < -0.4 is 10.9 Å². The first-order valence-corrected chi connectivity index (χ1v) is 5.29. The molecule has 0 radical (unpaired) electrons. The van der Waals surface area contributed by atoms with E-state index in [2.05, 4.69) is 29.7 Å². The second-order valence-corrected chi connectivity index (χ2v) is 4.36. The molecule has 2 fully saturated rings. The quantitative estimate of drug-likeness (QED) is 0.659. The van der Waals surface area contributed by atoms with Gasteiger partial charge in [0.05, 0.1) is 0 Å². The van der Waals surface area contributed by atoms with E-state index >= 15 is 0 Å². The van der Waals surface area contributed by atoms with Crippen molar-refractivity contribution in [3.63, 3.8) is 0 Å². The molecule has 1 aliphatic carbocycles. The van der Waals surface area contributed by atoms with Crippen LogP contribution in [0.3, 0.4) is 0 Å². The summed E-state index contributed by atoms with van der Waals surface area (Å²) in [6.07, 6.45) is 5.71. The molecule has 0 bridgehead atoms. The fraction of sp³-hybridized carbons (Fsp3) is 0.900. The molecule has 0 spiro atoms. The van der Waals surface area contributed by atoms with E-state index in [-0.39, 0.29) is 12.4 Å². The second kappa shape index (κ2) is 5.10. The predicted molar refractivity (Wildman–Crippen MR) is 61.8 cm³/mol. The van der Waals surface area contributed by atoms with Crippen molar-refractivity contribution in [1.82, 2.24) is 10.9 Å². The van der Waals surface area contributed by atoms with Gasteiger partial charge < -0.3 is 0 Å². The van der Waals surface area contributed by atoms with Crippen molar-refractivity contribution in [1.29, 1.82) is 0 Å². The maximum atomic E-state index is 4.60. The van der Waals surface area contributed by atoms with Crippen molar-refractivity contribution in [2.24, 2.45) is 10.9 Å². The van der Waals surface area contributed by atoms with Crippen LogP contribution in [-0.2, 0) is 0 Å². The van der Waals surface area contributed by atoms with Gasteiger partial charge in [0.15, 0.2) is 0 Å². The zero-order valence-corrected chi connectivity index (χ0v) is 9.73. The molecule has 0 aromatic carbocycles. The fourth-order valence-corrected chi connectivity index (χ4v) is 2.42. The van der Waals surface area contributed by atoms with Gasteiger partial charge in [-0.15, -0.1) is 12.4 Å². The number of nitrogens with zero attached hydrogens (tertiary/aromatic N) is 1. The molecule has 0 aromatic heterocycles. The Morgan fingerprint density at radius 2 is 1.86 bits per heavy atom. The Balaban J connectivity index is 0.000000980. The van der Waals surface area contributed by atoms with Crippen LogP contribution in [0.5, 0.6) is 0 Å². The van der Waals surface area contributed by atoms with Crippen LogP contribution >= 0.6 is 12.4 Å². The largest absolute Gasteiger partial charge is 0.274 e. The van der Waals surface area contributed by atoms with Crippen molar-refractivity contribution < 1.29 is 0 Å². The topological polar surface area (TPSA) is 36.4 Å². The number of hydrogen-bond acceptors (Lipinski definition) is 3. The van der Waals surface area contributed by atoms with Gasteiger partial charge in [-0.05, 0) is 26.7 Å². The first-order chi connectivity index (χ1) is 6.27. The maximum Gasteiger partial charge on any atom is 0.116 e. The molecule has 3 atom stereocenters. The van der Waals surface area contributed by atoms with Gasteiger partial charge >= 0.3 is 0 Å². The summed E-state index contributed by atoms with van der Waals surface area (Å²) in [4.78, 5) is 4.60. The minimum atomic E-state index is 0. The smallest absolute Gasteiger partial charge is 0.116 e. The van der Waals surface area contributed by atoms with Gasteiger partial charge in [0, 0.05) is 17.7 Å². The molecule has 2 aliphatic rings. The minimum Gasteiger partial charge on any atom is -0.274 e. The Morgan fingerprint density at radius 1 is 1.14 bits per heavy atom. The van der Waals surface area contributed by atoms with Crippen molar-refractivity contribution in [3.8, 4) is 0 Å². The van der Waals surface area contributed by atoms with E-state index in [1.54, 1.807) is 0 Å². The summed E-state index contributed by atoms with van der Waals surface area (Å²) in [6.45, 7) is 4.13. The average molecular weight is 218 g/mol. The summed E-state index contributed by atoms with van der Waals surface area (Å²) >= 11 is 0. The molecule has 3 nitrogen and oxygen atoms in total. The summed E-state index contributed by atoms with van der Waals surface area (Å²) in [7, 11) is 0. The summed E-state index contributed by atoms with van der Waals surface area (Å²) < 4.78 is 0. The van der Waals surface area contributed by atoms with E-state index in [0.717, 1.165) is 5.92 Å². The molecule has 1 saturated heterocycles. The summed E-state index contributed by atoms with van der Waals surface area (Å²) in [5.74, 6) is 0.726. The Morgan fingerprint density at radius 3 is 2.57 bits per heavy atom. The van der Waals surface area contributed by atoms with Crippen molar-refractivity contribution >= 4 is 18.1 Å². The lowest BCUT2D eigenvalue weighted by Gasteiger charge is -2.25. The zero-order chi connectivity index (χ0) is 9.26. The maximum absolute atomic E-state index is 4.60. The van der Waals surface area contributed by atoms with Crippen LogP contribution in [-0.4, -0.2) is 17.9 Å². The van der Waals surface area contributed by atoms with Crippen molar-refractivity contribution in [3.05, 3.63) is 0 Å². The molecular formula is C10H20ClN3. The normalized spacial score (nSPS) is 35.7. The number of rotatable bonds is 1. The summed E-state index contributed by atoms with van der Waals surface area (Å²) in [5, 5.41) is 0. The molecule has 2 N–H and O–H groups in total. The average Bonchev–Trinajstić information content (AvgIpc) is 2.48. The van der Waals surface area contributed by atoms with E-state index < -0.39 is 0 Å². The van der Waals surface area contributed by atoms with Crippen LogP contribution in [0.1, 0.15) is 39.5 Å². The Labute approximate surface area is 92.1 Å². The third-order valence-electron chi connectivity index (χ3n) is 3.04. The zero-order valence-electron chi connectivity index (χ0n) is 8.92. The highest BCUT2D eigenvalue weighted by Gasteiger charge is 2.36. The lowest BCUT2D eigenvalue weighted by molar-refractivity contribution is 0.308. The van der Waals surface area contributed by atoms with Gasteiger partial charge in [0.25, 0.3) is 0 Å². The fourth-order valence-electron chi connectivity index (χ4n) is 2.42. The molecular weight excluding hydrogens is 198 g/mol. The standard InChI is InChI=1S/C10H19N3.ClH/c1-7(2)11-10-8-5-3-4-6-9(8)12-13-10;/h8-10,12-13H,3-6H2,1-2H3;1H. The molecule has 0 aromatic rings. The van der Waals surface area contributed by atoms with E-state index in [4.69, 9.17) is 0 Å². The molecule has 2 rings (SSSR count). The van der Waals surface area contributed by atoms with Crippen LogP contribution in [0, 0.1) is 5.92 Å². The first kappa shape index (κ1) is 12.0. The highest BCUT2D eigenvalue weighted by atomic mass is 35.5. The molecule has 4 heteroatoms. The molecule has 1 aliphatic heterocycles. The van der Waals surface area contributed by atoms with E-state index in [1.165, 1.54) is 31.4 Å². The predicted octanol–water partition coefficient (Wildman–Crippen LogP) is 1.88. The van der Waals surface area contributed by atoms with E-state index in [9.17, 15) is 0 Å². The van der Waals surface area contributed by atoms with Crippen LogP contribution in [0.25, 0.3) is 0 Å². The number of halogens is 1. The highest BCUT2D eigenvalue weighted by Crippen LogP contribution is 2.30. The molecule has 14 heavy (non-hydrogen) atoms. The molecule has 82 valence electrons. The SMILES string of the molecule is CC(C)=NC1NNC2CCCCC21.Cl. The van der Waals surface area contributed by atoms with Gasteiger partial charge in [-0.2, -0.15) is 0 Å². The third-order valence-corrected chi connectivity index (χ3v) is 3.04. The lowest BCUT2D eigenvalue weighted by Crippen LogP contribution is -2.33. The number of hydrogen-bond donors (Lipinski definition) is 2. The van der Waals surface area contributed by atoms with E-state index in [0.29, 0.717) is 12.2 Å². The Bertz CT molecular complexity index is 213. The first-order valence-electron chi connectivity index (χ1n) is 5.29. The number of aliphatic imine (C=N–C) groups is 1. The molecule has 1 heterocycles. The van der Waals surface area contributed by atoms with Gasteiger partial charge in [0.1, 0.15) is 6.17 Å². The Hall–Kier alpha value is -0.120. The van der Waals surface area contributed by atoms with Crippen molar-refractivity contribution in [2.45, 2.75) is 51.7 Å². The third kappa shape index (κ3) is 2.47. The van der Waals surface area contributed by atoms with E-state index in [1.807, 2.05) is 0 Å². The van der Waals surface area contributed by atoms with Gasteiger partial charge in [-0.25, -0.2) is 5.43 Å². The van der Waals surface area contributed by atoms with Crippen LogP contribution in [0.2, 0.25) is 0 Å². The van der Waals surface area contributed by atoms with Crippen molar-refractivity contribution in [2.75, 3.05) is 0 Å². The van der Waals surface area contributed by atoms with Gasteiger partial charge in [-0.1, -0.05) is 12.8 Å². The second-order valence-electron chi connectivity index (χ2n) is 4.36. The highest BCUT2D eigenvalue weighted by molar-refractivity contribution is 5.85. The van der Waals surface area contributed by atoms with Gasteiger partial charge in [0.2, 0.25) is 0 Å². The summed E-state index contributed by atoms with van der Waals surface area (Å²) in [5.41, 5.74) is 7.82. The molecule has 1 saturated carbocycles. The van der Waals surface area contributed by atoms with Gasteiger partial charge in [-0.3, -0.25) is 10.4 Å². The number of fused-ring (bicyclic) bond motifs is 1. The number of hydrazine groups is 1. The summed E-state index contributed by atoms with van der Waals surface area (Å²) in [6, 6.07) is 0.668. The minimum absolute atomic E-state index is 0. The molecule has 3 unspecified atom stereocenters.